The summed E-state index contributed by atoms with van der Waals surface area (Å²) in [6.45, 7) is 2.01. The predicted octanol–water partition coefficient (Wildman–Crippen LogP) is 3.09. The zero-order valence-corrected chi connectivity index (χ0v) is 12.0. The Morgan fingerprint density at radius 2 is 2.05 bits per heavy atom. The number of pyridine rings is 1. The number of nitrogens with zero attached hydrogens (tertiary/aromatic N) is 1. The minimum Gasteiger partial charge on any atom is -0.457 e. The van der Waals surface area contributed by atoms with Crippen LogP contribution in [0.15, 0.2) is 41.1 Å². The van der Waals surface area contributed by atoms with Crippen molar-refractivity contribution in [1.29, 1.82) is 0 Å². The van der Waals surface area contributed by atoms with Gasteiger partial charge in [-0.05, 0) is 42.3 Å². The lowest BCUT2D eigenvalue weighted by Gasteiger charge is -2.09. The highest BCUT2D eigenvalue weighted by Crippen LogP contribution is 2.23. The van der Waals surface area contributed by atoms with E-state index in [-0.39, 0.29) is 12.6 Å². The molecule has 0 fully saturated rings. The Morgan fingerprint density at radius 1 is 1.37 bits per heavy atom. The minimum absolute atomic E-state index is 0.215. The second-order valence-corrected chi connectivity index (χ2v) is 5.01. The van der Waals surface area contributed by atoms with Crippen LogP contribution in [-0.2, 0) is 11.3 Å². The summed E-state index contributed by atoms with van der Waals surface area (Å²) >= 11 is 3.32. The van der Waals surface area contributed by atoms with Crippen molar-refractivity contribution in [3.8, 4) is 0 Å². The number of aromatic nitrogens is 1. The van der Waals surface area contributed by atoms with Crippen LogP contribution < -0.4 is 5.73 Å². The van der Waals surface area contributed by atoms with Crippen LogP contribution in [-0.4, -0.2) is 11.0 Å². The van der Waals surface area contributed by atoms with Crippen molar-refractivity contribution in [3.63, 3.8) is 0 Å². The van der Waals surface area contributed by atoms with Crippen molar-refractivity contribution in [3.05, 3.63) is 57.8 Å². The average molecular weight is 321 g/mol. The van der Waals surface area contributed by atoms with Crippen LogP contribution in [0.5, 0.6) is 0 Å². The van der Waals surface area contributed by atoms with E-state index in [9.17, 15) is 4.79 Å². The number of esters is 1. The molecular formula is C14H13BrN2O2. The molecule has 0 radical (unpaired) electrons. The first-order chi connectivity index (χ1) is 9.08. The van der Waals surface area contributed by atoms with Gasteiger partial charge >= 0.3 is 5.97 Å². The van der Waals surface area contributed by atoms with Gasteiger partial charge in [0.05, 0.1) is 5.56 Å². The Morgan fingerprint density at radius 3 is 2.74 bits per heavy atom. The molecule has 4 nitrogen and oxygen atoms in total. The smallest absolute Gasteiger partial charge is 0.338 e. The molecule has 0 unspecified atom stereocenters. The maximum absolute atomic E-state index is 12.0. The van der Waals surface area contributed by atoms with Crippen LogP contribution in [0.3, 0.4) is 0 Å². The topological polar surface area (TPSA) is 65.2 Å². The second-order valence-electron chi connectivity index (χ2n) is 4.10. The van der Waals surface area contributed by atoms with E-state index in [4.69, 9.17) is 10.5 Å². The van der Waals surface area contributed by atoms with Gasteiger partial charge in [-0.1, -0.05) is 15.9 Å². The highest BCUT2D eigenvalue weighted by Gasteiger charge is 2.13. The SMILES string of the molecule is Cc1c(N)cc(Br)cc1C(=O)OCc1ccncc1. The fourth-order valence-electron chi connectivity index (χ4n) is 1.62. The molecule has 2 aromatic rings. The number of carbonyl (C=O) groups is 1. The first-order valence-corrected chi connectivity index (χ1v) is 6.49. The van der Waals surface area contributed by atoms with Crippen LogP contribution in [0.4, 0.5) is 5.69 Å². The van der Waals surface area contributed by atoms with Crippen LogP contribution in [0.2, 0.25) is 0 Å². The number of anilines is 1. The van der Waals surface area contributed by atoms with Gasteiger partial charge < -0.3 is 10.5 Å². The lowest BCUT2D eigenvalue weighted by molar-refractivity contribution is 0.0471. The largest absolute Gasteiger partial charge is 0.457 e. The van der Waals surface area contributed by atoms with Gasteiger partial charge in [-0.15, -0.1) is 0 Å². The van der Waals surface area contributed by atoms with Gasteiger partial charge in [-0.2, -0.15) is 0 Å². The molecule has 0 aliphatic carbocycles. The van der Waals surface area contributed by atoms with Crippen molar-refractivity contribution in [2.75, 3.05) is 5.73 Å². The van der Waals surface area contributed by atoms with Crippen molar-refractivity contribution in [2.24, 2.45) is 0 Å². The molecule has 0 saturated carbocycles. The first kappa shape index (κ1) is 13.5. The van der Waals surface area contributed by atoms with Crippen molar-refractivity contribution in [1.82, 2.24) is 4.98 Å². The Bertz CT molecular complexity index is 600. The van der Waals surface area contributed by atoms with E-state index in [1.165, 1.54) is 0 Å². The number of benzene rings is 1. The number of rotatable bonds is 3. The van der Waals surface area contributed by atoms with Crippen LogP contribution in [0.1, 0.15) is 21.5 Å². The molecule has 0 bridgehead atoms. The maximum atomic E-state index is 12.0. The fraction of sp³-hybridized carbons (Fsp3) is 0.143. The number of nitrogen functional groups attached to an aromatic ring is 1. The van der Waals surface area contributed by atoms with Gasteiger partial charge in [-0.3, -0.25) is 4.98 Å². The molecule has 0 aliphatic heterocycles. The Kier molecular flexibility index (Phi) is 4.16. The number of nitrogens with two attached hydrogens (primary N) is 1. The van der Waals surface area contributed by atoms with Crippen molar-refractivity contribution < 1.29 is 9.53 Å². The number of ether oxygens (including phenoxy) is 1. The maximum Gasteiger partial charge on any atom is 0.338 e. The highest BCUT2D eigenvalue weighted by atomic mass is 79.9. The zero-order chi connectivity index (χ0) is 13.8. The van der Waals surface area contributed by atoms with Gasteiger partial charge in [0.1, 0.15) is 6.61 Å². The Balaban J connectivity index is 2.13. The Hall–Kier alpha value is -1.88. The molecule has 0 aliphatic rings. The monoisotopic (exact) mass is 320 g/mol. The summed E-state index contributed by atoms with van der Waals surface area (Å²) in [6.07, 6.45) is 3.32. The van der Waals surface area contributed by atoms with Gasteiger partial charge in [0.15, 0.2) is 0 Å². The molecule has 19 heavy (non-hydrogen) atoms. The third-order valence-electron chi connectivity index (χ3n) is 2.75. The normalized spacial score (nSPS) is 10.2. The van der Waals surface area contributed by atoms with E-state index >= 15 is 0 Å². The first-order valence-electron chi connectivity index (χ1n) is 5.69. The molecule has 1 heterocycles. The summed E-state index contributed by atoms with van der Waals surface area (Å²) in [7, 11) is 0. The summed E-state index contributed by atoms with van der Waals surface area (Å²) in [5.41, 5.74) is 8.47. The highest BCUT2D eigenvalue weighted by molar-refractivity contribution is 9.10. The van der Waals surface area contributed by atoms with E-state index in [1.807, 2.05) is 0 Å². The molecule has 2 N–H and O–H groups in total. The van der Waals surface area contributed by atoms with E-state index < -0.39 is 0 Å². The molecule has 1 aromatic heterocycles. The van der Waals surface area contributed by atoms with E-state index in [2.05, 4.69) is 20.9 Å². The zero-order valence-electron chi connectivity index (χ0n) is 10.4. The third kappa shape index (κ3) is 3.32. The van der Waals surface area contributed by atoms with Crippen LogP contribution in [0.25, 0.3) is 0 Å². The predicted molar refractivity (Wildman–Crippen MR) is 76.6 cm³/mol. The number of hydrogen-bond acceptors (Lipinski definition) is 4. The van der Waals surface area contributed by atoms with Gasteiger partial charge in [-0.25, -0.2) is 4.79 Å². The molecule has 1 aromatic carbocycles. The standard InChI is InChI=1S/C14H13BrN2O2/c1-9-12(6-11(15)7-13(9)16)14(18)19-8-10-2-4-17-5-3-10/h2-7H,8,16H2,1H3. The summed E-state index contributed by atoms with van der Waals surface area (Å²) in [5, 5.41) is 0. The molecule has 2 rings (SSSR count). The van der Waals surface area contributed by atoms with Crippen LogP contribution in [0, 0.1) is 6.92 Å². The summed E-state index contributed by atoms with van der Waals surface area (Å²) in [6, 6.07) is 7.07. The molecule has 0 saturated heterocycles. The third-order valence-corrected chi connectivity index (χ3v) is 3.21. The Labute approximate surface area is 119 Å². The van der Waals surface area contributed by atoms with Gasteiger partial charge in [0.2, 0.25) is 0 Å². The second kappa shape index (κ2) is 5.84. The molecule has 0 spiro atoms. The van der Waals surface area contributed by atoms with Gasteiger partial charge in [0, 0.05) is 22.6 Å². The van der Waals surface area contributed by atoms with Crippen LogP contribution >= 0.6 is 15.9 Å². The summed E-state index contributed by atoms with van der Waals surface area (Å²) < 4.78 is 6.02. The molecular weight excluding hydrogens is 308 g/mol. The molecule has 0 amide bonds. The molecule has 98 valence electrons. The quantitative estimate of drug-likeness (QED) is 0.697. The van der Waals surface area contributed by atoms with Crippen molar-refractivity contribution in [2.45, 2.75) is 13.5 Å². The average Bonchev–Trinajstić information content (AvgIpc) is 2.41. The number of hydrogen-bond donors (Lipinski definition) is 1. The number of halogens is 1. The molecule has 0 atom stereocenters. The van der Waals surface area contributed by atoms with Crippen molar-refractivity contribution >= 4 is 27.6 Å². The number of carbonyl (C=O) groups excluding carboxylic acids is 1. The summed E-state index contributed by atoms with van der Waals surface area (Å²) in [4.78, 5) is 15.9. The van der Waals surface area contributed by atoms with E-state index in [1.54, 1.807) is 43.6 Å². The van der Waals surface area contributed by atoms with Gasteiger partial charge in [0.25, 0.3) is 0 Å². The minimum atomic E-state index is -0.387. The molecule has 5 heteroatoms. The van der Waals surface area contributed by atoms with E-state index in [0.29, 0.717) is 11.3 Å². The fourth-order valence-corrected chi connectivity index (χ4v) is 2.09. The van der Waals surface area contributed by atoms with E-state index in [0.717, 1.165) is 15.6 Å². The summed E-state index contributed by atoms with van der Waals surface area (Å²) in [5.74, 6) is -0.387. The lowest BCUT2D eigenvalue weighted by Crippen LogP contribution is -2.08. The lowest BCUT2D eigenvalue weighted by atomic mass is 10.1.